The summed E-state index contributed by atoms with van der Waals surface area (Å²) in [6.45, 7) is 5.87. The molecule has 0 saturated heterocycles. The number of rotatable bonds is 8. The SMILES string of the molecule is CN=C(NCCc1ccc(OC)c(OC)c1)N(C)Cc1cn(C)nc1C(C)C.I. The highest BCUT2D eigenvalue weighted by atomic mass is 127. The second kappa shape index (κ2) is 11.9. The van der Waals surface area contributed by atoms with Crippen LogP contribution in [0.15, 0.2) is 29.4 Å². The zero-order valence-corrected chi connectivity index (χ0v) is 20.9. The molecule has 1 heterocycles. The number of aliphatic imine (C=N–C) groups is 1. The Hall–Kier alpha value is -1.97. The van der Waals surface area contributed by atoms with Crippen molar-refractivity contribution in [2.45, 2.75) is 32.7 Å². The number of nitrogens with one attached hydrogen (secondary N) is 1. The number of aromatic nitrogens is 2. The van der Waals surface area contributed by atoms with Crippen molar-refractivity contribution in [3.63, 3.8) is 0 Å². The number of nitrogens with zero attached hydrogens (tertiary/aromatic N) is 4. The average molecular weight is 515 g/mol. The van der Waals surface area contributed by atoms with Crippen molar-refractivity contribution in [2.24, 2.45) is 12.0 Å². The minimum absolute atomic E-state index is 0. The topological polar surface area (TPSA) is 63.9 Å². The van der Waals surface area contributed by atoms with E-state index in [0.29, 0.717) is 5.92 Å². The van der Waals surface area contributed by atoms with E-state index in [-0.39, 0.29) is 24.0 Å². The molecule has 29 heavy (non-hydrogen) atoms. The summed E-state index contributed by atoms with van der Waals surface area (Å²) in [6, 6.07) is 6.00. The van der Waals surface area contributed by atoms with Gasteiger partial charge in [-0.05, 0) is 30.0 Å². The van der Waals surface area contributed by atoms with Gasteiger partial charge in [-0.1, -0.05) is 19.9 Å². The van der Waals surface area contributed by atoms with Gasteiger partial charge >= 0.3 is 0 Å². The van der Waals surface area contributed by atoms with Crippen LogP contribution in [0.4, 0.5) is 0 Å². The van der Waals surface area contributed by atoms with E-state index >= 15 is 0 Å². The first-order valence-corrected chi connectivity index (χ1v) is 9.54. The first-order chi connectivity index (χ1) is 13.4. The quantitative estimate of drug-likeness (QED) is 0.332. The second-order valence-electron chi connectivity index (χ2n) is 7.14. The Bertz CT molecular complexity index is 804. The van der Waals surface area contributed by atoms with Crippen LogP contribution in [-0.2, 0) is 20.0 Å². The van der Waals surface area contributed by atoms with Gasteiger partial charge in [-0.25, -0.2) is 0 Å². The summed E-state index contributed by atoms with van der Waals surface area (Å²) in [6.07, 6.45) is 2.94. The lowest BCUT2D eigenvalue weighted by Gasteiger charge is -2.22. The van der Waals surface area contributed by atoms with E-state index in [2.05, 4.69) is 46.4 Å². The summed E-state index contributed by atoms with van der Waals surface area (Å²) < 4.78 is 12.6. The van der Waals surface area contributed by atoms with E-state index in [9.17, 15) is 0 Å². The Labute approximate surface area is 191 Å². The molecule has 2 rings (SSSR count). The number of aryl methyl sites for hydroxylation is 1. The van der Waals surface area contributed by atoms with Gasteiger partial charge in [-0.15, -0.1) is 24.0 Å². The first-order valence-electron chi connectivity index (χ1n) is 9.54. The van der Waals surface area contributed by atoms with Crippen molar-refractivity contribution in [3.8, 4) is 11.5 Å². The van der Waals surface area contributed by atoms with Crippen LogP contribution in [-0.4, -0.2) is 55.5 Å². The maximum absolute atomic E-state index is 5.38. The maximum atomic E-state index is 5.38. The molecular weight excluding hydrogens is 481 g/mol. The van der Waals surface area contributed by atoms with E-state index in [1.165, 1.54) is 11.1 Å². The molecule has 7 nitrogen and oxygen atoms in total. The maximum Gasteiger partial charge on any atom is 0.193 e. The molecule has 162 valence electrons. The van der Waals surface area contributed by atoms with E-state index in [1.54, 1.807) is 14.2 Å². The molecule has 0 fully saturated rings. The van der Waals surface area contributed by atoms with Gasteiger partial charge in [-0.2, -0.15) is 5.10 Å². The number of benzene rings is 1. The van der Waals surface area contributed by atoms with Crippen molar-refractivity contribution in [1.82, 2.24) is 20.0 Å². The summed E-state index contributed by atoms with van der Waals surface area (Å²) in [5, 5.41) is 8.02. The zero-order valence-electron chi connectivity index (χ0n) is 18.5. The second-order valence-corrected chi connectivity index (χ2v) is 7.14. The molecule has 0 atom stereocenters. The molecule has 8 heteroatoms. The molecule has 0 aliphatic carbocycles. The Morgan fingerprint density at radius 1 is 1.24 bits per heavy atom. The van der Waals surface area contributed by atoms with Crippen LogP contribution in [0.25, 0.3) is 0 Å². The normalized spacial score (nSPS) is 11.2. The molecule has 0 radical (unpaired) electrons. The zero-order chi connectivity index (χ0) is 20.7. The third-order valence-electron chi connectivity index (χ3n) is 4.61. The van der Waals surface area contributed by atoms with Crippen molar-refractivity contribution in [2.75, 3.05) is 34.9 Å². The van der Waals surface area contributed by atoms with E-state index in [4.69, 9.17) is 9.47 Å². The minimum atomic E-state index is 0. The Morgan fingerprint density at radius 2 is 1.93 bits per heavy atom. The lowest BCUT2D eigenvalue weighted by Crippen LogP contribution is -2.39. The van der Waals surface area contributed by atoms with Crippen molar-refractivity contribution >= 4 is 29.9 Å². The molecular formula is C21H34IN5O2. The lowest BCUT2D eigenvalue weighted by atomic mass is 10.1. The fraction of sp³-hybridized carbons (Fsp3) is 0.524. The number of guanidine groups is 1. The number of ether oxygens (including phenoxy) is 2. The molecule has 1 N–H and O–H groups in total. The Kier molecular flexibility index (Phi) is 10.3. The van der Waals surface area contributed by atoms with Crippen molar-refractivity contribution in [3.05, 3.63) is 41.2 Å². The van der Waals surface area contributed by atoms with Crippen LogP contribution in [0, 0.1) is 0 Å². The van der Waals surface area contributed by atoms with Gasteiger partial charge in [0.05, 0.1) is 19.9 Å². The monoisotopic (exact) mass is 515 g/mol. The molecule has 0 spiro atoms. The summed E-state index contributed by atoms with van der Waals surface area (Å²) in [4.78, 5) is 6.54. The number of hydrogen-bond donors (Lipinski definition) is 1. The fourth-order valence-electron chi connectivity index (χ4n) is 3.23. The number of halogens is 1. The van der Waals surface area contributed by atoms with Crippen LogP contribution in [0.3, 0.4) is 0 Å². The molecule has 0 bridgehead atoms. The summed E-state index contributed by atoms with van der Waals surface area (Å²) in [5.74, 6) is 2.75. The highest BCUT2D eigenvalue weighted by Crippen LogP contribution is 2.27. The smallest absolute Gasteiger partial charge is 0.193 e. The van der Waals surface area contributed by atoms with E-state index in [1.807, 2.05) is 38.0 Å². The fourth-order valence-corrected chi connectivity index (χ4v) is 3.23. The highest BCUT2D eigenvalue weighted by molar-refractivity contribution is 14.0. The van der Waals surface area contributed by atoms with Gasteiger partial charge in [0, 0.05) is 46.0 Å². The van der Waals surface area contributed by atoms with E-state index < -0.39 is 0 Å². The van der Waals surface area contributed by atoms with Gasteiger partial charge in [0.2, 0.25) is 0 Å². The summed E-state index contributed by atoms with van der Waals surface area (Å²) in [5.41, 5.74) is 3.54. The summed E-state index contributed by atoms with van der Waals surface area (Å²) in [7, 11) is 9.11. The molecule has 2 aromatic rings. The number of methoxy groups -OCH3 is 2. The van der Waals surface area contributed by atoms with Gasteiger partial charge in [0.15, 0.2) is 17.5 Å². The molecule has 0 aliphatic rings. The van der Waals surface area contributed by atoms with Gasteiger partial charge in [0.1, 0.15) is 0 Å². The third kappa shape index (κ3) is 6.80. The molecule has 0 saturated carbocycles. The first kappa shape index (κ1) is 25.1. The van der Waals surface area contributed by atoms with Crippen LogP contribution in [0.1, 0.15) is 36.6 Å². The van der Waals surface area contributed by atoms with Crippen molar-refractivity contribution < 1.29 is 9.47 Å². The van der Waals surface area contributed by atoms with Crippen molar-refractivity contribution in [1.29, 1.82) is 0 Å². The van der Waals surface area contributed by atoms with E-state index in [0.717, 1.165) is 42.7 Å². The standard InChI is InChI=1S/C21H33N5O2.HI/c1-15(2)20-17(14-26(5)24-20)13-25(4)21(22-3)23-11-10-16-8-9-18(27-6)19(12-16)28-7;/h8-9,12,14-15H,10-11,13H2,1-7H3,(H,22,23);1H. The average Bonchev–Trinajstić information content (AvgIpc) is 3.05. The highest BCUT2D eigenvalue weighted by Gasteiger charge is 2.15. The number of hydrogen-bond acceptors (Lipinski definition) is 4. The molecule has 0 amide bonds. The van der Waals surface area contributed by atoms with Gasteiger partial charge < -0.3 is 19.7 Å². The van der Waals surface area contributed by atoms with Crippen LogP contribution in [0.2, 0.25) is 0 Å². The Balaban J connectivity index is 0.00000420. The van der Waals surface area contributed by atoms with Crippen LogP contribution >= 0.6 is 24.0 Å². The molecule has 0 aliphatic heterocycles. The third-order valence-corrected chi connectivity index (χ3v) is 4.61. The largest absolute Gasteiger partial charge is 0.493 e. The predicted octanol–water partition coefficient (Wildman–Crippen LogP) is 3.43. The lowest BCUT2D eigenvalue weighted by molar-refractivity contribution is 0.354. The molecule has 0 unspecified atom stereocenters. The molecule has 1 aromatic carbocycles. The Morgan fingerprint density at radius 3 is 2.52 bits per heavy atom. The van der Waals surface area contributed by atoms with Gasteiger partial charge in [-0.3, -0.25) is 9.67 Å². The van der Waals surface area contributed by atoms with Gasteiger partial charge in [0.25, 0.3) is 0 Å². The van der Waals surface area contributed by atoms with Crippen LogP contribution < -0.4 is 14.8 Å². The molecule has 1 aromatic heterocycles. The minimum Gasteiger partial charge on any atom is -0.493 e. The predicted molar refractivity (Wildman–Crippen MR) is 129 cm³/mol. The van der Waals surface area contributed by atoms with Crippen LogP contribution in [0.5, 0.6) is 11.5 Å². The summed E-state index contributed by atoms with van der Waals surface area (Å²) >= 11 is 0.